The lowest BCUT2D eigenvalue weighted by Gasteiger charge is -2.27. The summed E-state index contributed by atoms with van der Waals surface area (Å²) in [5.41, 5.74) is 5.93. The molecule has 1 N–H and O–H groups in total. The lowest BCUT2D eigenvalue weighted by Crippen LogP contribution is -2.29. The number of rotatable bonds is 8. The van der Waals surface area contributed by atoms with Crippen LogP contribution in [0.25, 0.3) is 33.8 Å². The molecule has 0 amide bonds. The molecule has 2 aliphatic rings. The van der Waals surface area contributed by atoms with Crippen LogP contribution in [0.4, 0.5) is 0 Å². The van der Waals surface area contributed by atoms with E-state index in [-0.39, 0.29) is 11.7 Å². The average molecular weight is 545 g/mol. The number of fused-ring (bicyclic) bond motifs is 1. The molecule has 4 heterocycles. The van der Waals surface area contributed by atoms with Crippen LogP contribution in [-0.2, 0) is 7.05 Å². The summed E-state index contributed by atoms with van der Waals surface area (Å²) in [5.74, 6) is 2.41. The quantitative estimate of drug-likeness (QED) is 0.290. The van der Waals surface area contributed by atoms with Gasteiger partial charge in [-0.3, -0.25) is 8.97 Å². The monoisotopic (exact) mass is 544 g/mol. The van der Waals surface area contributed by atoms with Crippen LogP contribution < -0.4 is 11.0 Å². The van der Waals surface area contributed by atoms with Crippen molar-refractivity contribution in [1.82, 2.24) is 34.0 Å². The predicted octanol–water partition coefficient (Wildman–Crippen LogP) is 5.15. The first kappa shape index (κ1) is 25.4. The summed E-state index contributed by atoms with van der Waals surface area (Å²) < 4.78 is 5.20. The second-order valence-electron chi connectivity index (χ2n) is 11.5. The number of nitrogens with zero attached hydrogens (tertiary/aromatic N) is 7. The molecule has 206 valence electrons. The van der Waals surface area contributed by atoms with Crippen molar-refractivity contribution < 1.29 is 0 Å². The van der Waals surface area contributed by atoms with Crippen molar-refractivity contribution in [1.29, 1.82) is 5.26 Å². The Morgan fingerprint density at radius 1 is 1.07 bits per heavy atom. The fraction of sp³-hybridized carbons (Fsp3) is 0.344. The number of aryl methyl sites for hydroxylation is 1. The third kappa shape index (κ3) is 4.74. The number of benzene rings is 1. The molecule has 9 heteroatoms. The summed E-state index contributed by atoms with van der Waals surface area (Å²) in [4.78, 5) is 18.7. The first-order valence-electron chi connectivity index (χ1n) is 14.4. The minimum atomic E-state index is -0.146. The smallest absolute Gasteiger partial charge is 0.317 e. The third-order valence-electron chi connectivity index (χ3n) is 8.60. The van der Waals surface area contributed by atoms with Gasteiger partial charge in [0.05, 0.1) is 17.1 Å². The van der Waals surface area contributed by atoms with Crippen LogP contribution in [0.2, 0.25) is 0 Å². The van der Waals surface area contributed by atoms with Gasteiger partial charge in [-0.25, -0.2) is 9.78 Å². The van der Waals surface area contributed by atoms with E-state index < -0.39 is 0 Å². The predicted molar refractivity (Wildman–Crippen MR) is 157 cm³/mol. The van der Waals surface area contributed by atoms with E-state index in [9.17, 15) is 10.1 Å². The first-order valence-corrected chi connectivity index (χ1v) is 14.4. The van der Waals surface area contributed by atoms with Crippen LogP contribution in [0.5, 0.6) is 0 Å². The SMILES string of the molecule is C[C@@H](NCC1CCC1)c1ccc2cn(-c3cc(-c4ccc(C#N)cc4-c4nncn4C)cc(C4CC4)n3)c(=O)n2c1. The highest BCUT2D eigenvalue weighted by atomic mass is 16.1. The Morgan fingerprint density at radius 2 is 1.93 bits per heavy atom. The molecule has 2 aliphatic carbocycles. The van der Waals surface area contributed by atoms with Gasteiger partial charge in [0.15, 0.2) is 5.82 Å². The van der Waals surface area contributed by atoms with E-state index in [0.29, 0.717) is 23.1 Å². The Hall–Kier alpha value is -4.55. The molecule has 4 aromatic heterocycles. The van der Waals surface area contributed by atoms with E-state index in [1.54, 1.807) is 15.3 Å². The Bertz CT molecular complexity index is 1860. The Balaban J connectivity index is 1.31. The van der Waals surface area contributed by atoms with Crippen molar-refractivity contribution in [2.45, 2.75) is 51.0 Å². The topological polar surface area (TPSA) is 106 Å². The zero-order valence-corrected chi connectivity index (χ0v) is 23.3. The number of hydrogen-bond acceptors (Lipinski definition) is 6. The molecule has 5 aromatic rings. The van der Waals surface area contributed by atoms with Gasteiger partial charge in [-0.2, -0.15) is 5.26 Å². The molecule has 7 rings (SSSR count). The van der Waals surface area contributed by atoms with E-state index in [4.69, 9.17) is 4.98 Å². The summed E-state index contributed by atoms with van der Waals surface area (Å²) in [6.07, 6.45) is 11.6. The van der Waals surface area contributed by atoms with Crippen molar-refractivity contribution in [3.05, 3.63) is 88.5 Å². The Kier molecular flexibility index (Phi) is 6.28. The van der Waals surface area contributed by atoms with Gasteiger partial charge in [0.2, 0.25) is 0 Å². The van der Waals surface area contributed by atoms with E-state index in [0.717, 1.165) is 58.8 Å². The third-order valence-corrected chi connectivity index (χ3v) is 8.60. The largest absolute Gasteiger partial charge is 0.338 e. The standard InChI is InChI=1S/C32H32N8O/c1-20(34-16-21-4-3-5-21)24-9-10-26-18-40(32(41)39(26)17-24)30-14-25(13-29(36-30)23-7-8-23)27-11-6-22(15-33)12-28(27)31-37-35-19-38(31)2/h6,9-14,17-21,23,34H,3-5,7-8,16H2,1-2H3/t20-/m1/s1. The highest BCUT2D eigenvalue weighted by Gasteiger charge is 2.27. The van der Waals surface area contributed by atoms with Crippen molar-refractivity contribution in [3.63, 3.8) is 0 Å². The molecule has 1 aromatic carbocycles. The van der Waals surface area contributed by atoms with Gasteiger partial charge in [0.1, 0.15) is 12.1 Å². The minimum absolute atomic E-state index is 0.146. The number of nitrogens with one attached hydrogen (secondary N) is 1. The zero-order chi connectivity index (χ0) is 28.1. The normalized spacial score (nSPS) is 16.0. The maximum atomic E-state index is 13.8. The Labute approximate surface area is 238 Å². The number of imidazole rings is 1. The molecule has 2 saturated carbocycles. The molecule has 0 unspecified atom stereocenters. The molecule has 0 aliphatic heterocycles. The summed E-state index contributed by atoms with van der Waals surface area (Å²) in [7, 11) is 1.88. The molecule has 0 radical (unpaired) electrons. The highest BCUT2D eigenvalue weighted by Crippen LogP contribution is 2.42. The van der Waals surface area contributed by atoms with Crippen LogP contribution >= 0.6 is 0 Å². The minimum Gasteiger partial charge on any atom is -0.317 e. The molecule has 1 atom stereocenters. The van der Waals surface area contributed by atoms with Gasteiger partial charge in [-0.05, 0) is 92.1 Å². The fourth-order valence-electron chi connectivity index (χ4n) is 5.66. The molecule has 9 nitrogen and oxygen atoms in total. The van der Waals surface area contributed by atoms with Crippen LogP contribution in [0, 0.1) is 17.2 Å². The average Bonchev–Trinajstić information content (AvgIpc) is 3.66. The van der Waals surface area contributed by atoms with Gasteiger partial charge in [-0.1, -0.05) is 18.6 Å². The highest BCUT2D eigenvalue weighted by molar-refractivity contribution is 5.82. The van der Waals surface area contributed by atoms with Crippen LogP contribution in [0.15, 0.2) is 66.0 Å². The van der Waals surface area contributed by atoms with E-state index in [1.165, 1.54) is 19.3 Å². The molecular weight excluding hydrogens is 512 g/mol. The zero-order valence-electron chi connectivity index (χ0n) is 23.3. The lowest BCUT2D eigenvalue weighted by molar-refractivity contribution is 0.292. The molecule has 41 heavy (non-hydrogen) atoms. The molecule has 0 spiro atoms. The molecule has 0 bridgehead atoms. The van der Waals surface area contributed by atoms with Gasteiger partial charge in [0, 0.05) is 42.7 Å². The first-order chi connectivity index (χ1) is 20.0. The Morgan fingerprint density at radius 3 is 2.63 bits per heavy atom. The summed E-state index contributed by atoms with van der Waals surface area (Å²) in [5, 5.41) is 21.6. The van der Waals surface area contributed by atoms with Crippen molar-refractivity contribution in [3.8, 4) is 34.4 Å². The van der Waals surface area contributed by atoms with Crippen LogP contribution in [0.1, 0.15) is 67.8 Å². The fourth-order valence-corrected chi connectivity index (χ4v) is 5.66. The maximum absolute atomic E-state index is 13.8. The summed E-state index contributed by atoms with van der Waals surface area (Å²) in [6.45, 7) is 3.17. The van der Waals surface area contributed by atoms with E-state index in [1.807, 2.05) is 54.3 Å². The van der Waals surface area contributed by atoms with E-state index in [2.05, 4.69) is 40.6 Å². The molecule has 2 fully saturated rings. The van der Waals surface area contributed by atoms with Gasteiger partial charge in [-0.15, -0.1) is 10.2 Å². The van der Waals surface area contributed by atoms with Gasteiger partial charge < -0.3 is 9.88 Å². The molecule has 0 saturated heterocycles. The van der Waals surface area contributed by atoms with E-state index >= 15 is 0 Å². The molecular formula is C32H32N8O. The summed E-state index contributed by atoms with van der Waals surface area (Å²) in [6, 6.07) is 16.2. The second-order valence-corrected chi connectivity index (χ2v) is 11.5. The number of aromatic nitrogens is 6. The lowest BCUT2D eigenvalue weighted by atomic mass is 9.85. The van der Waals surface area contributed by atoms with Gasteiger partial charge in [0.25, 0.3) is 0 Å². The number of nitriles is 1. The van der Waals surface area contributed by atoms with Crippen molar-refractivity contribution in [2.24, 2.45) is 13.0 Å². The maximum Gasteiger partial charge on any atom is 0.338 e. The van der Waals surface area contributed by atoms with Gasteiger partial charge >= 0.3 is 5.69 Å². The van der Waals surface area contributed by atoms with Crippen molar-refractivity contribution in [2.75, 3.05) is 6.54 Å². The number of hydrogen-bond donors (Lipinski definition) is 1. The summed E-state index contributed by atoms with van der Waals surface area (Å²) >= 11 is 0. The van der Waals surface area contributed by atoms with Crippen LogP contribution in [0.3, 0.4) is 0 Å². The van der Waals surface area contributed by atoms with Crippen LogP contribution in [-0.4, -0.2) is 35.3 Å². The second kappa shape index (κ2) is 10.1. The van der Waals surface area contributed by atoms with Crippen molar-refractivity contribution >= 4 is 5.52 Å². The number of pyridine rings is 2.